The first-order valence-corrected chi connectivity index (χ1v) is 14.2. The number of thiazole rings is 1. The molecular weight excluding hydrogens is 617 g/mol. The maximum absolute atomic E-state index is 13.8. The van der Waals surface area contributed by atoms with Crippen molar-refractivity contribution in [2.45, 2.75) is 61.0 Å². The molecule has 0 saturated heterocycles. The van der Waals surface area contributed by atoms with Crippen LogP contribution in [0, 0.1) is 5.92 Å². The Labute approximate surface area is 229 Å². The Morgan fingerprint density at radius 3 is 2.61 bits per heavy atom. The van der Waals surface area contributed by atoms with Crippen LogP contribution in [0.5, 0.6) is 0 Å². The fourth-order valence-electron chi connectivity index (χ4n) is 4.79. The van der Waals surface area contributed by atoms with Gasteiger partial charge in [-0.3, -0.25) is 29.3 Å². The smallest absolute Gasteiger partial charge is 0.330 e. The molecule has 0 spiro atoms. The van der Waals surface area contributed by atoms with Crippen LogP contribution in [0.15, 0.2) is 34.0 Å². The Kier molecular flexibility index (Phi) is 7.23. The van der Waals surface area contributed by atoms with Crippen LogP contribution in [-0.4, -0.2) is 32.4 Å². The summed E-state index contributed by atoms with van der Waals surface area (Å²) in [5.41, 5.74) is -0.699. The number of nitrogens with one attached hydrogen (secondary N) is 3. The fourth-order valence-corrected chi connectivity index (χ4v) is 6.84. The van der Waals surface area contributed by atoms with Crippen molar-refractivity contribution in [2.24, 2.45) is 5.92 Å². The van der Waals surface area contributed by atoms with Gasteiger partial charge in [-0.1, -0.05) is 55.0 Å². The van der Waals surface area contributed by atoms with Gasteiger partial charge in [0.05, 0.1) is 17.1 Å². The average Bonchev–Trinajstić information content (AvgIpc) is 3.57. The van der Waals surface area contributed by atoms with Crippen LogP contribution in [0.1, 0.15) is 61.7 Å². The lowest BCUT2D eigenvalue weighted by molar-refractivity contribution is -0.120. The number of fused-ring (bicyclic) bond motifs is 1. The number of halogens is 2. The average molecular weight is 642 g/mol. The summed E-state index contributed by atoms with van der Waals surface area (Å²) in [4.78, 5) is 59.2. The Hall–Kier alpha value is -2.25. The predicted molar refractivity (Wildman–Crippen MR) is 148 cm³/mol. The first-order chi connectivity index (χ1) is 17.2. The van der Waals surface area contributed by atoms with Gasteiger partial charge in [0.1, 0.15) is 4.34 Å². The number of amides is 2. The Morgan fingerprint density at radius 2 is 1.94 bits per heavy atom. The fraction of sp³-hybridized carbons (Fsp3) is 0.458. The number of nitrogens with zero attached hydrogens (tertiary/aromatic N) is 2. The predicted octanol–water partition coefficient (Wildman–Crippen LogP) is 4.39. The SMILES string of the molecule is O=C(NC1CC1)c1ccc2c(=O)[nH]c(=O)n(C(I)(CC3CCCCC3)C(=O)Nc3ncc(Cl)s3)c2c1. The van der Waals surface area contributed by atoms with Gasteiger partial charge in [0.25, 0.3) is 17.4 Å². The van der Waals surface area contributed by atoms with Crippen LogP contribution >= 0.6 is 45.5 Å². The Morgan fingerprint density at radius 1 is 1.19 bits per heavy atom. The third-order valence-corrected chi connectivity index (χ3v) is 9.21. The molecule has 1 aromatic carbocycles. The number of rotatable bonds is 7. The second-order valence-electron chi connectivity index (χ2n) is 9.47. The molecule has 1 atom stereocenters. The number of benzene rings is 1. The molecule has 36 heavy (non-hydrogen) atoms. The van der Waals surface area contributed by atoms with E-state index >= 15 is 0 Å². The lowest BCUT2D eigenvalue weighted by Crippen LogP contribution is -2.49. The maximum Gasteiger partial charge on any atom is 0.330 e. The zero-order valence-corrected chi connectivity index (χ0v) is 23.0. The molecule has 2 aromatic heterocycles. The van der Waals surface area contributed by atoms with Crippen molar-refractivity contribution in [2.75, 3.05) is 5.32 Å². The van der Waals surface area contributed by atoms with Gasteiger partial charge in [-0.15, -0.1) is 0 Å². The van der Waals surface area contributed by atoms with Gasteiger partial charge in [-0.2, -0.15) is 0 Å². The van der Waals surface area contributed by atoms with E-state index in [1.165, 1.54) is 22.9 Å². The number of aromatic amines is 1. The molecule has 3 aromatic rings. The van der Waals surface area contributed by atoms with Gasteiger partial charge < -0.3 is 5.32 Å². The molecule has 1 unspecified atom stereocenters. The molecule has 3 N–H and O–H groups in total. The topological polar surface area (TPSA) is 126 Å². The summed E-state index contributed by atoms with van der Waals surface area (Å²) in [5, 5.41) is 6.30. The number of carbonyl (C=O) groups excluding carboxylic acids is 2. The van der Waals surface area contributed by atoms with E-state index in [2.05, 4.69) is 20.6 Å². The van der Waals surface area contributed by atoms with Gasteiger partial charge in [0, 0.05) is 11.6 Å². The van der Waals surface area contributed by atoms with Crippen molar-refractivity contribution in [3.8, 4) is 0 Å². The number of hydrogen-bond acceptors (Lipinski definition) is 6. The number of aromatic nitrogens is 3. The van der Waals surface area contributed by atoms with E-state index in [0.29, 0.717) is 21.5 Å². The molecule has 0 radical (unpaired) electrons. The van der Waals surface area contributed by atoms with Crippen LogP contribution in [-0.2, 0) is 8.34 Å². The zero-order chi connectivity index (χ0) is 25.4. The van der Waals surface area contributed by atoms with Crippen molar-refractivity contribution in [1.29, 1.82) is 0 Å². The van der Waals surface area contributed by atoms with Crippen LogP contribution in [0.25, 0.3) is 10.9 Å². The van der Waals surface area contributed by atoms with Crippen molar-refractivity contribution in [3.63, 3.8) is 0 Å². The first kappa shape index (κ1) is 25.4. The molecule has 2 fully saturated rings. The monoisotopic (exact) mass is 641 g/mol. The van der Waals surface area contributed by atoms with Gasteiger partial charge in [0.15, 0.2) is 8.68 Å². The number of anilines is 1. The minimum Gasteiger partial charge on any atom is -0.349 e. The molecule has 2 amide bonds. The molecule has 2 aliphatic rings. The van der Waals surface area contributed by atoms with Crippen LogP contribution < -0.4 is 21.9 Å². The second kappa shape index (κ2) is 10.3. The highest BCUT2D eigenvalue weighted by molar-refractivity contribution is 14.1. The molecule has 2 saturated carbocycles. The highest BCUT2D eigenvalue weighted by atomic mass is 127. The van der Waals surface area contributed by atoms with Gasteiger partial charge in [0.2, 0.25) is 0 Å². The molecule has 0 aliphatic heterocycles. The highest BCUT2D eigenvalue weighted by Gasteiger charge is 2.42. The summed E-state index contributed by atoms with van der Waals surface area (Å²) in [5.74, 6) is -0.494. The molecule has 5 rings (SSSR count). The van der Waals surface area contributed by atoms with E-state index in [-0.39, 0.29) is 28.8 Å². The van der Waals surface area contributed by atoms with E-state index in [1.807, 2.05) is 22.6 Å². The van der Waals surface area contributed by atoms with Crippen molar-refractivity contribution >= 4 is 73.4 Å². The highest BCUT2D eigenvalue weighted by Crippen LogP contribution is 2.40. The molecular formula is C24H25ClIN5O4S. The Bertz CT molecular complexity index is 1440. The number of H-pyrrole nitrogens is 1. The molecule has 2 aliphatic carbocycles. The zero-order valence-electron chi connectivity index (χ0n) is 19.3. The normalized spacial score (nSPS) is 18.1. The summed E-state index contributed by atoms with van der Waals surface area (Å²) in [7, 11) is 0. The summed E-state index contributed by atoms with van der Waals surface area (Å²) in [6, 6.07) is 4.78. The lowest BCUT2D eigenvalue weighted by Gasteiger charge is -2.34. The van der Waals surface area contributed by atoms with Crippen LogP contribution in [0.4, 0.5) is 5.13 Å². The van der Waals surface area contributed by atoms with Crippen LogP contribution in [0.3, 0.4) is 0 Å². The summed E-state index contributed by atoms with van der Waals surface area (Å²) < 4.78 is 0.370. The van der Waals surface area contributed by atoms with Crippen molar-refractivity contribution in [3.05, 3.63) is 55.1 Å². The lowest BCUT2D eigenvalue weighted by atomic mass is 9.84. The van der Waals surface area contributed by atoms with Gasteiger partial charge in [-0.05, 0) is 66.0 Å². The Balaban J connectivity index is 1.64. The summed E-state index contributed by atoms with van der Waals surface area (Å²) in [6.07, 6.45) is 8.88. The first-order valence-electron chi connectivity index (χ1n) is 12.0. The summed E-state index contributed by atoms with van der Waals surface area (Å²) >= 11 is 9.15. The largest absolute Gasteiger partial charge is 0.349 e. The standard InChI is InChI=1S/C24H25ClIN5O4S/c25-18-12-27-22(36-18)30-21(34)24(26,11-13-4-2-1-3-5-13)31-17-10-14(19(32)28-15-7-8-15)6-9-16(17)20(33)29-23(31)35/h6,9-10,12-13,15H,1-5,7-8,11H2,(H,28,32)(H,27,30,34)(H,29,33,35). The summed E-state index contributed by atoms with van der Waals surface area (Å²) in [6.45, 7) is 0. The van der Waals surface area contributed by atoms with Crippen LogP contribution in [0.2, 0.25) is 4.34 Å². The van der Waals surface area contributed by atoms with E-state index in [1.54, 1.807) is 6.07 Å². The number of carbonyl (C=O) groups is 2. The third kappa shape index (κ3) is 5.23. The minimum atomic E-state index is -1.39. The maximum atomic E-state index is 13.8. The van der Waals surface area contributed by atoms with E-state index in [0.717, 1.165) is 56.3 Å². The van der Waals surface area contributed by atoms with E-state index in [9.17, 15) is 19.2 Å². The third-order valence-electron chi connectivity index (χ3n) is 6.77. The molecule has 2 heterocycles. The molecule has 0 bridgehead atoms. The molecule has 12 heteroatoms. The van der Waals surface area contributed by atoms with Crippen molar-refractivity contribution in [1.82, 2.24) is 19.9 Å². The number of alkyl halides is 1. The van der Waals surface area contributed by atoms with Gasteiger partial charge in [-0.25, -0.2) is 9.78 Å². The van der Waals surface area contributed by atoms with E-state index < -0.39 is 20.7 Å². The van der Waals surface area contributed by atoms with Crippen molar-refractivity contribution < 1.29 is 9.59 Å². The molecule has 190 valence electrons. The second-order valence-corrected chi connectivity index (χ2v) is 12.9. The number of hydrogen-bond donors (Lipinski definition) is 3. The van der Waals surface area contributed by atoms with E-state index in [4.69, 9.17) is 11.6 Å². The quantitative estimate of drug-likeness (QED) is 0.261. The minimum absolute atomic E-state index is 0.153. The van der Waals surface area contributed by atoms with Gasteiger partial charge >= 0.3 is 5.69 Å². The molecule has 9 nitrogen and oxygen atoms in total.